The summed E-state index contributed by atoms with van der Waals surface area (Å²) in [6, 6.07) is 11.6. The number of carbonyl (C=O) groups is 3. The number of pyridine rings is 1. The first-order valence-electron chi connectivity index (χ1n) is 11.5. The first-order chi connectivity index (χ1) is 17.8. The largest absolute Gasteiger partial charge is 0.473 e. The van der Waals surface area contributed by atoms with E-state index in [2.05, 4.69) is 24.9 Å². The average Bonchev–Trinajstić information content (AvgIpc) is 3.37. The SMILES string of the molecule is O=C(CN1CC(c2nc(-c3cccnc3)no2)C1)N1CCN(c2ccc(Cl)cc2)CC1.O=C(O)C(=O)O. The van der Waals surface area contributed by atoms with Crippen molar-refractivity contribution in [2.75, 3.05) is 50.7 Å². The van der Waals surface area contributed by atoms with Crippen LogP contribution in [0.15, 0.2) is 53.3 Å². The summed E-state index contributed by atoms with van der Waals surface area (Å²) in [7, 11) is 0. The number of benzene rings is 1. The third-order valence-electron chi connectivity index (χ3n) is 6.03. The van der Waals surface area contributed by atoms with Gasteiger partial charge in [-0.2, -0.15) is 4.98 Å². The lowest BCUT2D eigenvalue weighted by Crippen LogP contribution is -2.54. The van der Waals surface area contributed by atoms with Gasteiger partial charge < -0.3 is 24.5 Å². The summed E-state index contributed by atoms with van der Waals surface area (Å²) in [6.45, 7) is 5.06. The molecule has 2 aliphatic rings. The highest BCUT2D eigenvalue weighted by Gasteiger charge is 2.35. The minimum atomic E-state index is -1.82. The van der Waals surface area contributed by atoms with Crippen molar-refractivity contribution < 1.29 is 29.1 Å². The molecule has 0 radical (unpaired) electrons. The summed E-state index contributed by atoms with van der Waals surface area (Å²) in [4.78, 5) is 45.9. The zero-order valence-corrected chi connectivity index (χ0v) is 20.5. The van der Waals surface area contributed by atoms with E-state index in [-0.39, 0.29) is 11.8 Å². The number of halogens is 1. The molecule has 0 spiro atoms. The number of hydrogen-bond acceptors (Lipinski definition) is 9. The van der Waals surface area contributed by atoms with Crippen LogP contribution in [-0.4, -0.2) is 98.8 Å². The third-order valence-corrected chi connectivity index (χ3v) is 6.29. The lowest BCUT2D eigenvalue weighted by molar-refractivity contribution is -0.159. The number of likely N-dealkylation sites (tertiary alicyclic amines) is 1. The van der Waals surface area contributed by atoms with Crippen molar-refractivity contribution in [3.8, 4) is 11.4 Å². The molecule has 2 aliphatic heterocycles. The van der Waals surface area contributed by atoms with Crippen LogP contribution in [0.1, 0.15) is 11.8 Å². The van der Waals surface area contributed by atoms with Gasteiger partial charge >= 0.3 is 11.9 Å². The molecule has 0 atom stereocenters. The molecule has 12 nitrogen and oxygen atoms in total. The first-order valence-corrected chi connectivity index (χ1v) is 11.9. The monoisotopic (exact) mass is 528 g/mol. The normalized spacial score (nSPS) is 15.9. The smallest absolute Gasteiger partial charge is 0.414 e. The number of carbonyl (C=O) groups excluding carboxylic acids is 1. The van der Waals surface area contributed by atoms with Crippen LogP contribution in [0.5, 0.6) is 0 Å². The number of aromatic nitrogens is 3. The molecule has 2 fully saturated rings. The molecule has 2 N–H and O–H groups in total. The maximum Gasteiger partial charge on any atom is 0.414 e. The maximum atomic E-state index is 12.7. The highest BCUT2D eigenvalue weighted by molar-refractivity contribution is 6.30. The molecule has 1 aromatic carbocycles. The van der Waals surface area contributed by atoms with Gasteiger partial charge in [-0.15, -0.1) is 0 Å². The summed E-state index contributed by atoms with van der Waals surface area (Å²) in [6.07, 6.45) is 3.43. The molecule has 1 amide bonds. The quantitative estimate of drug-likeness (QED) is 0.465. The fourth-order valence-electron chi connectivity index (χ4n) is 4.03. The van der Waals surface area contributed by atoms with Gasteiger partial charge in [-0.3, -0.25) is 14.7 Å². The fraction of sp³-hybridized carbons (Fsp3) is 0.333. The van der Waals surface area contributed by atoms with Crippen LogP contribution in [0.3, 0.4) is 0 Å². The fourth-order valence-corrected chi connectivity index (χ4v) is 4.15. The number of carboxylic acids is 2. The molecular formula is C24H25ClN6O6. The molecule has 0 unspecified atom stereocenters. The van der Waals surface area contributed by atoms with E-state index in [1.807, 2.05) is 41.3 Å². The Bertz CT molecular complexity index is 1210. The highest BCUT2D eigenvalue weighted by atomic mass is 35.5. The minimum absolute atomic E-state index is 0.174. The lowest BCUT2D eigenvalue weighted by Gasteiger charge is -2.40. The molecule has 2 saturated heterocycles. The number of hydrogen-bond donors (Lipinski definition) is 2. The van der Waals surface area contributed by atoms with Gasteiger partial charge in [0, 0.05) is 67.9 Å². The van der Waals surface area contributed by atoms with Crippen molar-refractivity contribution in [1.82, 2.24) is 24.9 Å². The zero-order chi connectivity index (χ0) is 26.4. The van der Waals surface area contributed by atoms with Gasteiger partial charge in [-0.05, 0) is 36.4 Å². The Morgan fingerprint density at radius 2 is 1.68 bits per heavy atom. The third kappa shape index (κ3) is 6.80. The van der Waals surface area contributed by atoms with E-state index in [0.29, 0.717) is 18.3 Å². The Balaban J connectivity index is 0.000000480. The molecule has 4 heterocycles. The first kappa shape index (κ1) is 26.0. The van der Waals surface area contributed by atoms with Crippen LogP contribution in [0.25, 0.3) is 11.4 Å². The molecule has 0 saturated carbocycles. The molecule has 13 heteroatoms. The molecule has 194 valence electrons. The molecule has 0 aliphatic carbocycles. The van der Waals surface area contributed by atoms with Crippen LogP contribution in [-0.2, 0) is 14.4 Å². The Hall–Kier alpha value is -4.03. The van der Waals surface area contributed by atoms with E-state index >= 15 is 0 Å². The van der Waals surface area contributed by atoms with Gasteiger partial charge in [0.2, 0.25) is 17.6 Å². The topological polar surface area (TPSA) is 153 Å². The summed E-state index contributed by atoms with van der Waals surface area (Å²) >= 11 is 5.97. The second kappa shape index (κ2) is 11.8. The van der Waals surface area contributed by atoms with Crippen molar-refractivity contribution in [3.63, 3.8) is 0 Å². The molecule has 5 rings (SSSR count). The Labute approximate surface area is 217 Å². The van der Waals surface area contributed by atoms with Crippen LogP contribution in [0.4, 0.5) is 5.69 Å². The van der Waals surface area contributed by atoms with Crippen molar-refractivity contribution in [3.05, 3.63) is 59.7 Å². The number of anilines is 1. The van der Waals surface area contributed by atoms with E-state index < -0.39 is 11.9 Å². The van der Waals surface area contributed by atoms with E-state index in [4.69, 9.17) is 35.9 Å². The standard InChI is InChI=1S/C22H23ClN6O2.C2H2O4/c23-18-3-5-19(6-4-18)28-8-10-29(11-9-28)20(30)15-27-13-17(14-27)22-25-21(26-31-22)16-2-1-7-24-12-16;3-1(4)2(5)6/h1-7,12,17H,8-11,13-15H2;(H,3,4)(H,5,6). The molecule has 0 bridgehead atoms. The molecule has 3 aromatic rings. The highest BCUT2D eigenvalue weighted by Crippen LogP contribution is 2.27. The summed E-state index contributed by atoms with van der Waals surface area (Å²) < 4.78 is 5.43. The van der Waals surface area contributed by atoms with Crippen molar-refractivity contribution in [1.29, 1.82) is 0 Å². The summed E-state index contributed by atoms with van der Waals surface area (Å²) in [5, 5.41) is 19.6. The van der Waals surface area contributed by atoms with E-state index in [1.165, 1.54) is 0 Å². The number of carboxylic acid groups (broad SMARTS) is 2. The van der Waals surface area contributed by atoms with Crippen molar-refractivity contribution in [2.24, 2.45) is 0 Å². The number of amides is 1. The Morgan fingerprint density at radius 1 is 1.00 bits per heavy atom. The van der Waals surface area contributed by atoms with Crippen LogP contribution >= 0.6 is 11.6 Å². The van der Waals surface area contributed by atoms with Crippen LogP contribution < -0.4 is 4.90 Å². The van der Waals surface area contributed by atoms with Crippen molar-refractivity contribution >= 4 is 35.1 Å². The summed E-state index contributed by atoms with van der Waals surface area (Å²) in [5.74, 6) is -2.12. The maximum absolute atomic E-state index is 12.7. The average molecular weight is 529 g/mol. The summed E-state index contributed by atoms with van der Waals surface area (Å²) in [5.41, 5.74) is 1.98. The van der Waals surface area contributed by atoms with Crippen molar-refractivity contribution in [2.45, 2.75) is 5.92 Å². The van der Waals surface area contributed by atoms with Crippen LogP contribution in [0, 0.1) is 0 Å². The number of nitrogens with zero attached hydrogens (tertiary/aromatic N) is 6. The Morgan fingerprint density at radius 3 is 2.27 bits per heavy atom. The predicted octanol–water partition coefficient (Wildman–Crippen LogP) is 1.69. The second-order valence-corrected chi connectivity index (χ2v) is 8.98. The second-order valence-electron chi connectivity index (χ2n) is 8.54. The van der Waals surface area contributed by atoms with Gasteiger partial charge in [-0.25, -0.2) is 9.59 Å². The van der Waals surface area contributed by atoms with Gasteiger partial charge in [0.15, 0.2) is 0 Å². The minimum Gasteiger partial charge on any atom is -0.473 e. The van der Waals surface area contributed by atoms with Gasteiger partial charge in [0.25, 0.3) is 0 Å². The number of piperazine rings is 1. The van der Waals surface area contributed by atoms with E-state index in [1.54, 1.807) is 12.4 Å². The number of aliphatic carboxylic acids is 2. The van der Waals surface area contributed by atoms with Gasteiger partial charge in [0.05, 0.1) is 12.5 Å². The Kier molecular flexibility index (Phi) is 8.31. The number of rotatable bonds is 5. The van der Waals surface area contributed by atoms with Crippen LogP contribution in [0.2, 0.25) is 5.02 Å². The molecular weight excluding hydrogens is 504 g/mol. The van der Waals surface area contributed by atoms with E-state index in [9.17, 15) is 4.79 Å². The predicted molar refractivity (Wildman–Crippen MR) is 132 cm³/mol. The zero-order valence-electron chi connectivity index (χ0n) is 19.7. The van der Waals surface area contributed by atoms with E-state index in [0.717, 1.165) is 55.5 Å². The van der Waals surface area contributed by atoms with Gasteiger partial charge in [-0.1, -0.05) is 16.8 Å². The van der Waals surface area contributed by atoms with Gasteiger partial charge in [0.1, 0.15) is 0 Å². The molecule has 37 heavy (non-hydrogen) atoms. The lowest BCUT2D eigenvalue weighted by atomic mass is 10.00. The molecule has 2 aromatic heterocycles.